The second-order valence-corrected chi connectivity index (χ2v) is 6.31. The van der Waals surface area contributed by atoms with E-state index in [9.17, 15) is 18.8 Å². The molecule has 1 aliphatic heterocycles. The van der Waals surface area contributed by atoms with Gasteiger partial charge in [0.25, 0.3) is 5.91 Å². The summed E-state index contributed by atoms with van der Waals surface area (Å²) in [5.74, 6) is -1.05. The summed E-state index contributed by atoms with van der Waals surface area (Å²) >= 11 is 0. The Labute approximate surface area is 160 Å². The Morgan fingerprint density at radius 1 is 1.29 bits per heavy atom. The number of amides is 1. The maximum atomic E-state index is 14.5. The first-order valence-corrected chi connectivity index (χ1v) is 8.83. The monoisotopic (exact) mass is 389 g/mol. The van der Waals surface area contributed by atoms with E-state index in [2.05, 4.69) is 10.3 Å². The van der Waals surface area contributed by atoms with Gasteiger partial charge in [-0.3, -0.25) is 14.2 Å². The lowest BCUT2D eigenvalue weighted by atomic mass is 10.1. The van der Waals surface area contributed by atoms with Gasteiger partial charge in [-0.1, -0.05) is 25.1 Å². The largest absolute Gasteiger partial charge is 0.454 e. The number of aromatic nitrogens is 2. The predicted octanol–water partition coefficient (Wildman–Crippen LogP) is 2.07. The van der Waals surface area contributed by atoms with Gasteiger partial charge in [0, 0.05) is 18.7 Å². The number of esters is 1. The zero-order valence-electron chi connectivity index (χ0n) is 15.4. The molecule has 1 fully saturated rings. The normalized spacial score (nSPS) is 24.0. The van der Waals surface area contributed by atoms with Crippen molar-refractivity contribution < 1.29 is 23.5 Å². The fourth-order valence-corrected chi connectivity index (χ4v) is 3.01. The van der Waals surface area contributed by atoms with E-state index in [1.54, 1.807) is 37.3 Å². The third-order valence-corrected chi connectivity index (χ3v) is 4.35. The minimum atomic E-state index is -1.57. The number of carbonyl (C=O) groups is 2. The molecule has 0 aliphatic carbocycles. The number of hydrogen-bond acceptors (Lipinski definition) is 6. The van der Waals surface area contributed by atoms with Crippen LogP contribution in [-0.2, 0) is 14.3 Å². The number of halogens is 1. The molecule has 28 heavy (non-hydrogen) atoms. The SMILES string of the molecule is CC[C@H]1OC(n2ccc(NC(=O)c3ccccc3)nc2=O)[C@H](OC(C)=O)[C@H]1F. The van der Waals surface area contributed by atoms with Crippen molar-refractivity contribution >= 4 is 17.7 Å². The van der Waals surface area contributed by atoms with Gasteiger partial charge in [-0.05, 0) is 24.6 Å². The number of nitrogens with one attached hydrogen (secondary N) is 1. The van der Waals surface area contributed by atoms with Gasteiger partial charge in [0.15, 0.2) is 18.5 Å². The summed E-state index contributed by atoms with van der Waals surface area (Å²) in [6, 6.07) is 9.84. The summed E-state index contributed by atoms with van der Waals surface area (Å²) in [6.45, 7) is 2.89. The molecule has 148 valence electrons. The van der Waals surface area contributed by atoms with E-state index in [-0.39, 0.29) is 5.82 Å². The van der Waals surface area contributed by atoms with Crippen molar-refractivity contribution in [3.8, 4) is 0 Å². The molecular weight excluding hydrogens is 369 g/mol. The van der Waals surface area contributed by atoms with Gasteiger partial charge in [-0.2, -0.15) is 4.98 Å². The van der Waals surface area contributed by atoms with Crippen molar-refractivity contribution in [1.82, 2.24) is 9.55 Å². The maximum absolute atomic E-state index is 14.5. The summed E-state index contributed by atoms with van der Waals surface area (Å²) in [5, 5.41) is 2.53. The number of anilines is 1. The number of nitrogens with zero attached hydrogens (tertiary/aromatic N) is 2. The average molecular weight is 389 g/mol. The molecule has 8 nitrogen and oxygen atoms in total. The Morgan fingerprint density at radius 2 is 2.00 bits per heavy atom. The average Bonchev–Trinajstić information content (AvgIpc) is 2.98. The minimum absolute atomic E-state index is 0.0426. The highest BCUT2D eigenvalue weighted by Gasteiger charge is 2.47. The Hall–Kier alpha value is -3.07. The third kappa shape index (κ3) is 4.09. The van der Waals surface area contributed by atoms with E-state index in [1.165, 1.54) is 12.3 Å². The van der Waals surface area contributed by atoms with E-state index in [4.69, 9.17) is 9.47 Å². The Balaban J connectivity index is 1.82. The van der Waals surface area contributed by atoms with Gasteiger partial charge in [0.2, 0.25) is 0 Å². The number of ether oxygens (including phenoxy) is 2. The van der Waals surface area contributed by atoms with Crippen LogP contribution >= 0.6 is 0 Å². The van der Waals surface area contributed by atoms with E-state index >= 15 is 0 Å². The number of rotatable bonds is 5. The van der Waals surface area contributed by atoms with E-state index in [0.717, 1.165) is 11.5 Å². The van der Waals surface area contributed by atoms with Gasteiger partial charge >= 0.3 is 11.7 Å². The highest BCUT2D eigenvalue weighted by atomic mass is 19.1. The van der Waals surface area contributed by atoms with Crippen LogP contribution in [0.2, 0.25) is 0 Å². The van der Waals surface area contributed by atoms with Crippen molar-refractivity contribution in [2.45, 2.75) is 44.9 Å². The van der Waals surface area contributed by atoms with Crippen molar-refractivity contribution in [1.29, 1.82) is 0 Å². The summed E-state index contributed by atoms with van der Waals surface area (Å²) in [5.41, 5.74) is -0.356. The van der Waals surface area contributed by atoms with E-state index in [0.29, 0.717) is 12.0 Å². The van der Waals surface area contributed by atoms with Crippen LogP contribution < -0.4 is 11.0 Å². The highest BCUT2D eigenvalue weighted by molar-refractivity contribution is 6.03. The van der Waals surface area contributed by atoms with Gasteiger partial charge in [-0.15, -0.1) is 0 Å². The van der Waals surface area contributed by atoms with Gasteiger partial charge in [0.05, 0.1) is 6.10 Å². The van der Waals surface area contributed by atoms with Crippen LogP contribution in [0.4, 0.5) is 10.2 Å². The molecule has 1 aromatic heterocycles. The molecular formula is C19H20FN3O5. The minimum Gasteiger partial charge on any atom is -0.454 e. The van der Waals surface area contributed by atoms with Gasteiger partial charge < -0.3 is 14.8 Å². The van der Waals surface area contributed by atoms with Crippen molar-refractivity contribution in [2.24, 2.45) is 0 Å². The first-order valence-electron chi connectivity index (χ1n) is 8.83. The smallest absolute Gasteiger partial charge is 0.351 e. The molecule has 1 saturated heterocycles. The lowest BCUT2D eigenvalue weighted by Crippen LogP contribution is -2.37. The summed E-state index contributed by atoms with van der Waals surface area (Å²) < 4.78 is 26.2. The van der Waals surface area contributed by atoms with Crippen LogP contribution in [0.5, 0.6) is 0 Å². The van der Waals surface area contributed by atoms with Crippen LogP contribution in [0.25, 0.3) is 0 Å². The molecule has 1 amide bonds. The zero-order valence-corrected chi connectivity index (χ0v) is 15.4. The van der Waals surface area contributed by atoms with E-state index < -0.39 is 42.2 Å². The predicted molar refractivity (Wildman–Crippen MR) is 97.5 cm³/mol. The molecule has 3 rings (SSSR count). The van der Waals surface area contributed by atoms with Crippen LogP contribution in [0.15, 0.2) is 47.4 Å². The van der Waals surface area contributed by atoms with Crippen molar-refractivity contribution in [3.05, 3.63) is 58.6 Å². The number of hydrogen-bond donors (Lipinski definition) is 1. The standard InChI is InChI=1S/C19H20FN3O5/c1-3-13-15(20)16(27-11(2)24)18(28-13)23-10-9-14(22-19(23)26)21-17(25)12-7-5-4-6-8-12/h4-10,13,15-16,18H,3H2,1-2H3,(H,21,22,25,26)/t13-,15+,16-,18?/m1/s1. The van der Waals surface area contributed by atoms with Crippen molar-refractivity contribution in [3.63, 3.8) is 0 Å². The third-order valence-electron chi connectivity index (χ3n) is 4.35. The molecule has 0 radical (unpaired) electrons. The number of carbonyl (C=O) groups excluding carboxylic acids is 2. The molecule has 0 saturated carbocycles. The molecule has 4 atom stereocenters. The first kappa shape index (κ1) is 19.7. The quantitative estimate of drug-likeness (QED) is 0.786. The molecule has 2 aromatic rings. The van der Waals surface area contributed by atoms with Crippen LogP contribution in [0, 0.1) is 0 Å². The fraction of sp³-hybridized carbons (Fsp3) is 0.368. The summed E-state index contributed by atoms with van der Waals surface area (Å²) in [6.07, 6.45) is -3.10. The summed E-state index contributed by atoms with van der Waals surface area (Å²) in [7, 11) is 0. The molecule has 1 N–H and O–H groups in total. The fourth-order valence-electron chi connectivity index (χ4n) is 3.01. The molecule has 0 spiro atoms. The molecule has 1 unspecified atom stereocenters. The molecule has 2 heterocycles. The Morgan fingerprint density at radius 3 is 2.61 bits per heavy atom. The lowest BCUT2D eigenvalue weighted by Gasteiger charge is -2.20. The number of benzene rings is 1. The van der Waals surface area contributed by atoms with Gasteiger partial charge in [0.1, 0.15) is 5.82 Å². The van der Waals surface area contributed by atoms with Crippen LogP contribution in [0.3, 0.4) is 0 Å². The molecule has 1 aromatic carbocycles. The van der Waals surface area contributed by atoms with Crippen molar-refractivity contribution in [2.75, 3.05) is 5.32 Å². The Kier molecular flexibility index (Phi) is 5.84. The van der Waals surface area contributed by atoms with E-state index in [1.807, 2.05) is 0 Å². The molecule has 9 heteroatoms. The lowest BCUT2D eigenvalue weighted by molar-refractivity contribution is -0.154. The molecule has 0 bridgehead atoms. The second kappa shape index (κ2) is 8.30. The Bertz CT molecular complexity index is 917. The highest BCUT2D eigenvalue weighted by Crippen LogP contribution is 2.34. The topological polar surface area (TPSA) is 99.5 Å². The van der Waals surface area contributed by atoms with Gasteiger partial charge in [-0.25, -0.2) is 9.18 Å². The van der Waals surface area contributed by atoms with Crippen LogP contribution in [0.1, 0.15) is 36.9 Å². The first-order chi connectivity index (χ1) is 13.4. The second-order valence-electron chi connectivity index (χ2n) is 6.31. The zero-order chi connectivity index (χ0) is 20.3. The maximum Gasteiger partial charge on any atom is 0.351 e. The summed E-state index contributed by atoms with van der Waals surface area (Å²) in [4.78, 5) is 39.7. The number of alkyl halides is 1. The molecule has 1 aliphatic rings. The van der Waals surface area contributed by atoms with Crippen LogP contribution in [-0.4, -0.2) is 39.8 Å².